The van der Waals surface area contributed by atoms with E-state index in [1.807, 2.05) is 41.1 Å². The van der Waals surface area contributed by atoms with Crippen LogP contribution in [0.1, 0.15) is 28.3 Å². The molecule has 0 aliphatic heterocycles. The molecule has 0 bridgehead atoms. The van der Waals surface area contributed by atoms with Gasteiger partial charge in [-0.15, -0.1) is 0 Å². The number of nitrogens with one attached hydrogen (secondary N) is 1. The third kappa shape index (κ3) is 2.50. The topological polar surface area (TPSA) is 67.2 Å². The summed E-state index contributed by atoms with van der Waals surface area (Å²) in [6, 6.07) is 14.5. The van der Waals surface area contributed by atoms with Gasteiger partial charge >= 0.3 is 0 Å². The van der Waals surface area contributed by atoms with Crippen molar-refractivity contribution in [1.29, 1.82) is 0 Å². The molecule has 4 rings (SSSR count). The molecular formula is C20H18FN3O2. The van der Waals surface area contributed by atoms with Crippen LogP contribution >= 0.6 is 0 Å². The molecule has 0 spiro atoms. The second kappa shape index (κ2) is 6.38. The van der Waals surface area contributed by atoms with Crippen LogP contribution in [-0.4, -0.2) is 20.9 Å². The third-order valence-electron chi connectivity index (χ3n) is 5.14. The van der Waals surface area contributed by atoms with Gasteiger partial charge in [-0.1, -0.05) is 30.3 Å². The van der Waals surface area contributed by atoms with Crippen molar-refractivity contribution in [3.8, 4) is 5.69 Å². The van der Waals surface area contributed by atoms with Crippen LogP contribution in [-0.2, 0) is 11.2 Å². The minimum atomic E-state index is -0.525. The number of benzene rings is 2. The molecule has 1 amide bonds. The van der Waals surface area contributed by atoms with Gasteiger partial charge in [-0.2, -0.15) is 5.10 Å². The Bertz CT molecular complexity index is 968. The molecule has 0 unspecified atom stereocenters. The first-order valence-electron chi connectivity index (χ1n) is 8.43. The Hall–Kier alpha value is -2.99. The average molecular weight is 351 g/mol. The molecule has 1 aromatic heterocycles. The highest BCUT2D eigenvalue weighted by molar-refractivity contribution is 5.81. The Labute approximate surface area is 150 Å². The fourth-order valence-corrected chi connectivity index (χ4v) is 3.86. The number of aromatic nitrogens is 2. The van der Waals surface area contributed by atoms with Crippen LogP contribution < -0.4 is 5.48 Å². The number of fused-ring (bicyclic) bond motifs is 1. The van der Waals surface area contributed by atoms with E-state index in [2.05, 4.69) is 5.10 Å². The maximum absolute atomic E-state index is 14.1. The van der Waals surface area contributed by atoms with Gasteiger partial charge in [0.15, 0.2) is 0 Å². The minimum Gasteiger partial charge on any atom is -0.289 e. The fourth-order valence-electron chi connectivity index (χ4n) is 3.86. The molecule has 0 saturated carbocycles. The van der Waals surface area contributed by atoms with Crippen molar-refractivity contribution < 1.29 is 14.4 Å². The molecule has 1 aliphatic carbocycles. The number of rotatable bonds is 3. The summed E-state index contributed by atoms with van der Waals surface area (Å²) in [5.41, 5.74) is 5.69. The molecule has 1 heterocycles. The van der Waals surface area contributed by atoms with E-state index in [1.165, 1.54) is 6.07 Å². The number of para-hydroxylation sites is 1. The quantitative estimate of drug-likeness (QED) is 0.563. The fraction of sp³-hybridized carbons (Fsp3) is 0.200. The lowest BCUT2D eigenvalue weighted by Gasteiger charge is -2.20. The molecule has 0 radical (unpaired) electrons. The first-order chi connectivity index (χ1) is 12.6. The smallest absolute Gasteiger partial charge is 0.247 e. The summed E-state index contributed by atoms with van der Waals surface area (Å²) >= 11 is 0. The van der Waals surface area contributed by atoms with E-state index in [4.69, 9.17) is 0 Å². The lowest BCUT2D eigenvalue weighted by Crippen LogP contribution is -2.31. The maximum atomic E-state index is 14.1. The summed E-state index contributed by atoms with van der Waals surface area (Å²) < 4.78 is 15.9. The summed E-state index contributed by atoms with van der Waals surface area (Å²) in [6.07, 6.45) is 2.15. The molecule has 0 fully saturated rings. The van der Waals surface area contributed by atoms with Gasteiger partial charge in [0.1, 0.15) is 5.82 Å². The molecule has 0 saturated heterocycles. The molecule has 2 aromatic carbocycles. The molecule has 6 heteroatoms. The van der Waals surface area contributed by atoms with Crippen molar-refractivity contribution in [1.82, 2.24) is 15.3 Å². The number of hydrogen-bond acceptors (Lipinski definition) is 3. The Morgan fingerprint density at radius 2 is 1.96 bits per heavy atom. The highest BCUT2D eigenvalue weighted by Gasteiger charge is 2.41. The van der Waals surface area contributed by atoms with E-state index in [0.717, 1.165) is 22.5 Å². The van der Waals surface area contributed by atoms with Crippen molar-refractivity contribution in [2.75, 3.05) is 0 Å². The number of amides is 1. The molecular weight excluding hydrogens is 333 g/mol. The van der Waals surface area contributed by atoms with Gasteiger partial charge < -0.3 is 0 Å². The zero-order valence-corrected chi connectivity index (χ0v) is 14.2. The van der Waals surface area contributed by atoms with Crippen LogP contribution in [0.4, 0.5) is 4.39 Å². The minimum absolute atomic E-state index is 0.311. The summed E-state index contributed by atoms with van der Waals surface area (Å²) in [5, 5.41) is 13.7. The highest BCUT2D eigenvalue weighted by atomic mass is 19.1. The lowest BCUT2D eigenvalue weighted by atomic mass is 9.83. The molecule has 132 valence electrons. The first-order valence-corrected chi connectivity index (χ1v) is 8.43. The van der Waals surface area contributed by atoms with Crippen LogP contribution in [0.3, 0.4) is 0 Å². The number of hydroxylamine groups is 1. The van der Waals surface area contributed by atoms with Crippen LogP contribution in [0.25, 0.3) is 5.69 Å². The number of nitrogens with zero attached hydrogens (tertiary/aromatic N) is 2. The first kappa shape index (κ1) is 16.5. The van der Waals surface area contributed by atoms with Crippen LogP contribution in [0.15, 0.2) is 54.7 Å². The number of carbonyl (C=O) groups excluding carboxylic acids is 1. The van der Waals surface area contributed by atoms with Crippen LogP contribution in [0.5, 0.6) is 0 Å². The number of halogens is 1. The van der Waals surface area contributed by atoms with Gasteiger partial charge in [-0.05, 0) is 36.2 Å². The van der Waals surface area contributed by atoms with E-state index < -0.39 is 11.8 Å². The molecule has 1 aliphatic rings. The normalized spacial score (nSPS) is 18.6. The van der Waals surface area contributed by atoms with Crippen LogP contribution in [0.2, 0.25) is 0 Å². The van der Waals surface area contributed by atoms with Gasteiger partial charge in [0, 0.05) is 23.6 Å². The van der Waals surface area contributed by atoms with Crippen molar-refractivity contribution in [2.45, 2.75) is 19.3 Å². The van der Waals surface area contributed by atoms with E-state index >= 15 is 0 Å². The summed E-state index contributed by atoms with van der Waals surface area (Å²) in [6.45, 7) is 1.71. The monoisotopic (exact) mass is 351 g/mol. The Morgan fingerprint density at radius 1 is 1.19 bits per heavy atom. The van der Waals surface area contributed by atoms with E-state index in [-0.39, 0.29) is 11.7 Å². The van der Waals surface area contributed by atoms with Crippen molar-refractivity contribution in [3.63, 3.8) is 0 Å². The zero-order chi connectivity index (χ0) is 18.3. The molecule has 2 N–H and O–H groups in total. The average Bonchev–Trinajstić information content (AvgIpc) is 3.23. The van der Waals surface area contributed by atoms with E-state index in [9.17, 15) is 14.4 Å². The summed E-state index contributed by atoms with van der Waals surface area (Å²) in [7, 11) is 0. The standard InChI is InChI=1S/C20H18FN3O2/c1-12-14(8-5-9-17(12)21)19-15(20(25)23-26)10-18-16(19)11-22-24(18)13-6-3-2-4-7-13/h2-9,11,15,19,26H,10H2,1H3,(H,23,25)/t15-,19+/m0/s1. The van der Waals surface area contributed by atoms with Gasteiger partial charge in [0.25, 0.3) is 0 Å². The largest absolute Gasteiger partial charge is 0.289 e. The van der Waals surface area contributed by atoms with Gasteiger partial charge in [-0.3, -0.25) is 10.0 Å². The van der Waals surface area contributed by atoms with Gasteiger partial charge in [0.2, 0.25) is 5.91 Å². The predicted octanol–water partition coefficient (Wildman–Crippen LogP) is 3.13. The molecule has 26 heavy (non-hydrogen) atoms. The highest BCUT2D eigenvalue weighted by Crippen LogP contribution is 2.44. The van der Waals surface area contributed by atoms with Crippen molar-refractivity contribution >= 4 is 5.91 Å². The van der Waals surface area contributed by atoms with Gasteiger partial charge in [-0.25, -0.2) is 14.6 Å². The number of hydrogen-bond donors (Lipinski definition) is 2. The van der Waals surface area contributed by atoms with E-state index in [0.29, 0.717) is 12.0 Å². The maximum Gasteiger partial charge on any atom is 0.247 e. The predicted molar refractivity (Wildman–Crippen MR) is 93.7 cm³/mol. The SMILES string of the molecule is Cc1c(F)cccc1[C@H]1c2cnn(-c3ccccc3)c2C[C@@H]1C(=O)NO. The van der Waals surface area contributed by atoms with E-state index in [1.54, 1.807) is 24.7 Å². The third-order valence-corrected chi connectivity index (χ3v) is 5.14. The van der Waals surface area contributed by atoms with Gasteiger partial charge in [0.05, 0.1) is 17.8 Å². The Kier molecular flexibility index (Phi) is 4.05. The summed E-state index contributed by atoms with van der Waals surface area (Å²) in [5.74, 6) is -1.67. The zero-order valence-electron chi connectivity index (χ0n) is 14.2. The van der Waals surface area contributed by atoms with Crippen molar-refractivity contribution in [3.05, 3.63) is 82.9 Å². The molecule has 3 aromatic rings. The van der Waals surface area contributed by atoms with Crippen molar-refractivity contribution in [2.24, 2.45) is 5.92 Å². The second-order valence-electron chi connectivity index (χ2n) is 6.51. The molecule has 5 nitrogen and oxygen atoms in total. The van der Waals surface area contributed by atoms with Crippen LogP contribution in [0, 0.1) is 18.7 Å². The molecule has 2 atom stereocenters. The summed E-state index contributed by atoms with van der Waals surface area (Å²) in [4.78, 5) is 12.3. The Balaban J connectivity index is 1.87. The second-order valence-corrected chi connectivity index (χ2v) is 6.51. The lowest BCUT2D eigenvalue weighted by molar-refractivity contribution is -0.133. The Morgan fingerprint density at radius 3 is 2.69 bits per heavy atom. The number of carbonyl (C=O) groups is 1.